The Morgan fingerprint density at radius 3 is 2.57 bits per heavy atom. The summed E-state index contributed by atoms with van der Waals surface area (Å²) in [6.45, 7) is 6.57. The van der Waals surface area contributed by atoms with Crippen LogP contribution < -0.4 is 0 Å². The zero-order valence-corrected chi connectivity index (χ0v) is 9.67. The Morgan fingerprint density at radius 2 is 2.14 bits per heavy atom. The van der Waals surface area contributed by atoms with E-state index >= 15 is 0 Å². The second-order valence-electron chi connectivity index (χ2n) is 4.95. The third-order valence-electron chi connectivity index (χ3n) is 3.13. The van der Waals surface area contributed by atoms with E-state index in [1.807, 2.05) is 6.92 Å². The number of halogens is 1. The lowest BCUT2D eigenvalue weighted by Gasteiger charge is -2.18. The minimum atomic E-state index is 0.435. The average molecular weight is 214 g/mol. The zero-order chi connectivity index (χ0) is 10.3. The lowest BCUT2D eigenvalue weighted by atomic mass is 9.92. The van der Waals surface area contributed by atoms with Crippen molar-refractivity contribution in [1.82, 2.24) is 14.8 Å². The number of aryl methyl sites for hydroxylation is 1. The Balaban J connectivity index is 2.25. The summed E-state index contributed by atoms with van der Waals surface area (Å²) in [6, 6.07) is 0.493. The van der Waals surface area contributed by atoms with Gasteiger partial charge in [0.1, 0.15) is 5.82 Å². The van der Waals surface area contributed by atoms with Gasteiger partial charge in [0.05, 0.1) is 0 Å². The van der Waals surface area contributed by atoms with Crippen LogP contribution in [-0.2, 0) is 0 Å². The molecule has 1 aromatic rings. The molecule has 1 aliphatic carbocycles. The third kappa shape index (κ3) is 1.65. The molecular formula is C10H16ClN3. The van der Waals surface area contributed by atoms with E-state index in [1.54, 1.807) is 0 Å². The maximum absolute atomic E-state index is 6.01. The van der Waals surface area contributed by atoms with E-state index in [4.69, 9.17) is 11.6 Å². The van der Waals surface area contributed by atoms with Gasteiger partial charge < -0.3 is 0 Å². The van der Waals surface area contributed by atoms with Crippen molar-refractivity contribution in [3.63, 3.8) is 0 Å². The molecular weight excluding hydrogens is 198 g/mol. The summed E-state index contributed by atoms with van der Waals surface area (Å²) in [6.07, 6.45) is 3.61. The predicted molar refractivity (Wildman–Crippen MR) is 56.4 cm³/mol. The van der Waals surface area contributed by atoms with Gasteiger partial charge >= 0.3 is 0 Å². The van der Waals surface area contributed by atoms with Gasteiger partial charge in [0.15, 0.2) is 0 Å². The highest BCUT2D eigenvalue weighted by Gasteiger charge is 2.33. The highest BCUT2D eigenvalue weighted by Crippen LogP contribution is 2.44. The minimum Gasteiger partial charge on any atom is -0.299 e. The molecule has 0 aromatic carbocycles. The first-order chi connectivity index (χ1) is 6.49. The Kier molecular flexibility index (Phi) is 2.30. The molecule has 0 amide bonds. The molecule has 0 bridgehead atoms. The van der Waals surface area contributed by atoms with Gasteiger partial charge in [-0.15, -0.1) is 10.2 Å². The molecule has 1 aromatic heterocycles. The van der Waals surface area contributed by atoms with E-state index in [9.17, 15) is 0 Å². The van der Waals surface area contributed by atoms with Crippen LogP contribution in [0.25, 0.3) is 0 Å². The predicted octanol–water partition coefficient (Wildman–Crippen LogP) is 2.99. The van der Waals surface area contributed by atoms with Gasteiger partial charge in [-0.1, -0.05) is 13.8 Å². The molecule has 2 rings (SSSR count). The van der Waals surface area contributed by atoms with Gasteiger partial charge in [-0.3, -0.25) is 4.57 Å². The van der Waals surface area contributed by atoms with Crippen LogP contribution in [0, 0.1) is 12.3 Å². The molecule has 0 saturated heterocycles. The molecule has 1 fully saturated rings. The van der Waals surface area contributed by atoms with Crippen molar-refractivity contribution in [1.29, 1.82) is 0 Å². The van der Waals surface area contributed by atoms with Crippen LogP contribution >= 0.6 is 11.6 Å². The molecule has 78 valence electrons. The van der Waals surface area contributed by atoms with Gasteiger partial charge in [-0.25, -0.2) is 0 Å². The lowest BCUT2D eigenvalue weighted by molar-refractivity contribution is 0.357. The molecule has 1 heterocycles. The molecule has 0 radical (unpaired) electrons. The topological polar surface area (TPSA) is 30.7 Å². The molecule has 1 aliphatic rings. The van der Waals surface area contributed by atoms with Crippen molar-refractivity contribution in [2.45, 2.75) is 46.1 Å². The molecule has 14 heavy (non-hydrogen) atoms. The molecule has 3 nitrogen and oxygen atoms in total. The number of hydrogen-bond donors (Lipinski definition) is 0. The standard InChI is InChI=1S/C10H16ClN3/c1-7-12-13-9(11)14(7)8-4-5-10(2,3)6-8/h8H,4-6H2,1-3H3. The monoisotopic (exact) mass is 213 g/mol. The maximum Gasteiger partial charge on any atom is 0.225 e. The van der Waals surface area contributed by atoms with Gasteiger partial charge in [0, 0.05) is 6.04 Å². The Labute approximate surface area is 89.5 Å². The van der Waals surface area contributed by atoms with E-state index in [0.717, 1.165) is 5.82 Å². The second kappa shape index (κ2) is 3.23. The fraction of sp³-hybridized carbons (Fsp3) is 0.800. The summed E-state index contributed by atoms with van der Waals surface area (Å²) < 4.78 is 2.07. The van der Waals surface area contributed by atoms with Gasteiger partial charge in [0.2, 0.25) is 5.28 Å². The first-order valence-corrected chi connectivity index (χ1v) is 5.44. The van der Waals surface area contributed by atoms with E-state index in [2.05, 4.69) is 28.6 Å². The quantitative estimate of drug-likeness (QED) is 0.718. The summed E-state index contributed by atoms with van der Waals surface area (Å²) >= 11 is 6.01. The van der Waals surface area contributed by atoms with Crippen LogP contribution in [-0.4, -0.2) is 14.8 Å². The number of rotatable bonds is 1. The van der Waals surface area contributed by atoms with Gasteiger partial charge in [-0.2, -0.15) is 0 Å². The first kappa shape index (κ1) is 9.97. The Hall–Kier alpha value is -0.570. The van der Waals surface area contributed by atoms with E-state index in [0.29, 0.717) is 16.7 Å². The lowest BCUT2D eigenvalue weighted by Crippen LogP contribution is -2.10. The number of aromatic nitrogens is 3. The van der Waals surface area contributed by atoms with E-state index < -0.39 is 0 Å². The fourth-order valence-corrected chi connectivity index (χ4v) is 2.68. The number of hydrogen-bond acceptors (Lipinski definition) is 2. The van der Waals surface area contributed by atoms with Crippen molar-refractivity contribution in [2.24, 2.45) is 5.41 Å². The zero-order valence-electron chi connectivity index (χ0n) is 8.92. The van der Waals surface area contributed by atoms with Crippen molar-refractivity contribution < 1.29 is 0 Å². The SMILES string of the molecule is Cc1nnc(Cl)n1C1CCC(C)(C)C1. The van der Waals surface area contributed by atoms with Crippen LogP contribution in [0.15, 0.2) is 0 Å². The molecule has 1 atom stereocenters. The van der Waals surface area contributed by atoms with Crippen LogP contribution in [0.1, 0.15) is 45.0 Å². The summed E-state index contributed by atoms with van der Waals surface area (Å²) in [4.78, 5) is 0. The van der Waals surface area contributed by atoms with Crippen molar-refractivity contribution in [3.05, 3.63) is 11.1 Å². The summed E-state index contributed by atoms with van der Waals surface area (Å²) in [5.74, 6) is 0.928. The largest absolute Gasteiger partial charge is 0.299 e. The number of nitrogens with zero attached hydrogens (tertiary/aromatic N) is 3. The van der Waals surface area contributed by atoms with Crippen LogP contribution in [0.4, 0.5) is 0 Å². The van der Waals surface area contributed by atoms with E-state index in [1.165, 1.54) is 19.3 Å². The van der Waals surface area contributed by atoms with E-state index in [-0.39, 0.29) is 0 Å². The minimum absolute atomic E-state index is 0.435. The summed E-state index contributed by atoms with van der Waals surface area (Å²) in [5.41, 5.74) is 0.435. The summed E-state index contributed by atoms with van der Waals surface area (Å²) in [5, 5.41) is 8.41. The van der Waals surface area contributed by atoms with Crippen LogP contribution in [0.3, 0.4) is 0 Å². The Morgan fingerprint density at radius 1 is 1.43 bits per heavy atom. The van der Waals surface area contributed by atoms with Crippen molar-refractivity contribution in [3.8, 4) is 0 Å². The fourth-order valence-electron chi connectivity index (χ4n) is 2.38. The maximum atomic E-state index is 6.01. The van der Waals surface area contributed by atoms with Crippen molar-refractivity contribution >= 4 is 11.6 Å². The van der Waals surface area contributed by atoms with Crippen molar-refractivity contribution in [2.75, 3.05) is 0 Å². The second-order valence-corrected chi connectivity index (χ2v) is 5.29. The van der Waals surface area contributed by atoms with Gasteiger partial charge in [0.25, 0.3) is 0 Å². The summed E-state index contributed by atoms with van der Waals surface area (Å²) in [7, 11) is 0. The molecule has 1 unspecified atom stereocenters. The molecule has 0 spiro atoms. The van der Waals surface area contributed by atoms with Crippen LogP contribution in [0.2, 0.25) is 5.28 Å². The smallest absolute Gasteiger partial charge is 0.225 e. The van der Waals surface area contributed by atoms with Crippen LogP contribution in [0.5, 0.6) is 0 Å². The average Bonchev–Trinajstić information content (AvgIpc) is 2.56. The molecule has 0 N–H and O–H groups in total. The molecule has 4 heteroatoms. The van der Waals surface area contributed by atoms with Gasteiger partial charge in [-0.05, 0) is 43.2 Å². The highest BCUT2D eigenvalue weighted by atomic mass is 35.5. The Bertz CT molecular complexity index is 324. The molecule has 0 aliphatic heterocycles. The highest BCUT2D eigenvalue weighted by molar-refractivity contribution is 6.28. The third-order valence-corrected chi connectivity index (χ3v) is 3.39. The molecule has 1 saturated carbocycles. The normalized spacial score (nSPS) is 25.6. The first-order valence-electron chi connectivity index (χ1n) is 5.07.